The highest BCUT2D eigenvalue weighted by molar-refractivity contribution is 7.92. The van der Waals surface area contributed by atoms with E-state index in [0.717, 1.165) is 44.1 Å². The molecule has 0 radical (unpaired) electrons. The third-order valence-corrected chi connectivity index (χ3v) is 7.54. The molecular weight excluding hydrogens is 442 g/mol. The van der Waals surface area contributed by atoms with E-state index in [9.17, 15) is 8.42 Å². The Morgan fingerprint density at radius 2 is 1.71 bits per heavy atom. The average Bonchev–Trinajstić information content (AvgIpc) is 2.83. The molecule has 1 fully saturated rings. The molecule has 0 amide bonds. The maximum Gasteiger partial charge on any atom is 0.229 e. The van der Waals surface area contributed by atoms with Gasteiger partial charge in [-0.15, -0.1) is 0 Å². The van der Waals surface area contributed by atoms with Crippen LogP contribution in [0.4, 0.5) is 11.4 Å². The summed E-state index contributed by atoms with van der Waals surface area (Å²) in [6, 6.07) is 18.8. The van der Waals surface area contributed by atoms with Crippen LogP contribution in [0.3, 0.4) is 0 Å². The van der Waals surface area contributed by atoms with Gasteiger partial charge in [0.25, 0.3) is 0 Å². The Morgan fingerprint density at radius 3 is 2.35 bits per heavy atom. The summed E-state index contributed by atoms with van der Waals surface area (Å²) in [5.41, 5.74) is 2.99. The van der Waals surface area contributed by atoms with Crippen LogP contribution in [0.1, 0.15) is 70.3 Å². The smallest absolute Gasteiger partial charge is 0.229 e. The van der Waals surface area contributed by atoms with E-state index in [4.69, 9.17) is 0 Å². The average molecular weight is 486 g/mol. The Balaban J connectivity index is 1.54. The predicted molar refractivity (Wildman–Crippen MR) is 145 cm³/mol. The van der Waals surface area contributed by atoms with E-state index >= 15 is 0 Å². The first-order chi connectivity index (χ1) is 16.4. The molecule has 5 nitrogen and oxygen atoms in total. The van der Waals surface area contributed by atoms with Crippen LogP contribution in [0.2, 0.25) is 0 Å². The van der Waals surface area contributed by atoms with Crippen molar-refractivity contribution in [3.05, 3.63) is 60.2 Å². The number of hydrogen-bond donors (Lipinski definition) is 2. The molecule has 0 bridgehead atoms. The minimum atomic E-state index is -3.27. The van der Waals surface area contributed by atoms with E-state index in [1.807, 2.05) is 30.3 Å². The highest BCUT2D eigenvalue weighted by atomic mass is 32.2. The molecular formula is C28H43N3O2S. The van der Waals surface area contributed by atoms with Crippen LogP contribution in [0.15, 0.2) is 54.6 Å². The van der Waals surface area contributed by atoms with Crippen LogP contribution in [0.25, 0.3) is 0 Å². The molecule has 0 aromatic heterocycles. The van der Waals surface area contributed by atoms with Gasteiger partial charge >= 0.3 is 0 Å². The monoisotopic (exact) mass is 485 g/mol. The zero-order valence-electron chi connectivity index (χ0n) is 21.0. The van der Waals surface area contributed by atoms with E-state index in [-0.39, 0.29) is 0 Å². The molecule has 1 saturated carbocycles. The fraction of sp³-hybridized carbons (Fsp3) is 0.571. The number of anilines is 2. The van der Waals surface area contributed by atoms with Gasteiger partial charge in [0.1, 0.15) is 0 Å². The summed E-state index contributed by atoms with van der Waals surface area (Å²) in [6.45, 7) is 5.24. The van der Waals surface area contributed by atoms with Gasteiger partial charge in [0.15, 0.2) is 0 Å². The van der Waals surface area contributed by atoms with Gasteiger partial charge in [-0.2, -0.15) is 0 Å². The van der Waals surface area contributed by atoms with Crippen molar-refractivity contribution in [2.24, 2.45) is 5.92 Å². The van der Waals surface area contributed by atoms with Crippen molar-refractivity contribution in [1.29, 1.82) is 0 Å². The second-order valence-electron chi connectivity index (χ2n) is 9.82. The lowest BCUT2D eigenvalue weighted by Crippen LogP contribution is -2.32. The van der Waals surface area contributed by atoms with Gasteiger partial charge in [-0.25, -0.2) is 8.42 Å². The third-order valence-electron chi connectivity index (χ3n) is 6.94. The highest BCUT2D eigenvalue weighted by Gasteiger charge is 2.15. The molecule has 0 saturated heterocycles. The van der Waals surface area contributed by atoms with Crippen molar-refractivity contribution in [1.82, 2.24) is 5.32 Å². The molecule has 34 heavy (non-hydrogen) atoms. The van der Waals surface area contributed by atoms with Crippen molar-refractivity contribution in [2.75, 3.05) is 29.0 Å². The standard InChI is InChI=1S/C28H43N3O2S/c1-3-26(29-21-20-24-11-6-4-7-12-24)15-10-22-31(23-25-13-8-5-9-14-25)28-18-16-27(17-19-28)30-34(2,32)33/h5,8-9,13-14,16-19,24,26,29-30H,3-4,6-7,10-12,15,20-23H2,1-2H3. The number of rotatable bonds is 14. The Kier molecular flexibility index (Phi) is 10.7. The maximum absolute atomic E-state index is 11.5. The first-order valence-corrected chi connectivity index (χ1v) is 14.9. The summed E-state index contributed by atoms with van der Waals surface area (Å²) in [5.74, 6) is 0.931. The van der Waals surface area contributed by atoms with Crippen molar-refractivity contribution < 1.29 is 8.42 Å². The number of hydrogen-bond acceptors (Lipinski definition) is 4. The molecule has 1 aliphatic rings. The molecule has 6 heteroatoms. The SMILES string of the molecule is CCC(CCCN(Cc1ccccc1)c1ccc(NS(C)(=O)=O)cc1)NCCC1CCCCC1. The van der Waals surface area contributed by atoms with E-state index < -0.39 is 10.0 Å². The summed E-state index contributed by atoms with van der Waals surface area (Å²) < 4.78 is 25.6. The van der Waals surface area contributed by atoms with Gasteiger partial charge in [-0.05, 0) is 68.0 Å². The van der Waals surface area contributed by atoms with Crippen molar-refractivity contribution in [3.8, 4) is 0 Å². The molecule has 0 aliphatic heterocycles. The minimum Gasteiger partial charge on any atom is -0.367 e. The molecule has 3 rings (SSSR count). The van der Waals surface area contributed by atoms with E-state index in [1.165, 1.54) is 56.8 Å². The summed E-state index contributed by atoms with van der Waals surface area (Å²) >= 11 is 0. The zero-order valence-corrected chi connectivity index (χ0v) is 21.8. The lowest BCUT2D eigenvalue weighted by atomic mass is 9.87. The fourth-order valence-electron chi connectivity index (χ4n) is 5.00. The first kappa shape index (κ1) is 26.6. The summed E-state index contributed by atoms with van der Waals surface area (Å²) in [7, 11) is -3.27. The zero-order chi connectivity index (χ0) is 24.2. The fourth-order valence-corrected chi connectivity index (χ4v) is 5.57. The normalized spacial score (nSPS) is 15.7. The van der Waals surface area contributed by atoms with E-state index in [0.29, 0.717) is 11.7 Å². The van der Waals surface area contributed by atoms with Crippen LogP contribution in [0.5, 0.6) is 0 Å². The van der Waals surface area contributed by atoms with Gasteiger partial charge in [0.05, 0.1) is 6.26 Å². The Hall–Kier alpha value is -2.05. The third kappa shape index (κ3) is 9.67. The Morgan fingerprint density at radius 1 is 1.00 bits per heavy atom. The lowest BCUT2D eigenvalue weighted by molar-refractivity contribution is 0.323. The topological polar surface area (TPSA) is 61.4 Å². The van der Waals surface area contributed by atoms with Gasteiger partial charge < -0.3 is 10.2 Å². The molecule has 1 atom stereocenters. The summed E-state index contributed by atoms with van der Waals surface area (Å²) in [5, 5.41) is 3.83. The van der Waals surface area contributed by atoms with Gasteiger partial charge in [-0.3, -0.25) is 4.72 Å². The molecule has 2 aromatic rings. The summed E-state index contributed by atoms with van der Waals surface area (Å²) in [6.07, 6.45) is 13.1. The van der Waals surface area contributed by atoms with Crippen molar-refractivity contribution >= 4 is 21.4 Å². The molecule has 1 unspecified atom stereocenters. The van der Waals surface area contributed by atoms with Crippen LogP contribution in [-0.2, 0) is 16.6 Å². The molecule has 2 N–H and O–H groups in total. The van der Waals surface area contributed by atoms with Crippen LogP contribution >= 0.6 is 0 Å². The second kappa shape index (κ2) is 13.7. The summed E-state index contributed by atoms with van der Waals surface area (Å²) in [4.78, 5) is 2.40. The van der Waals surface area contributed by atoms with Crippen LogP contribution in [-0.4, -0.2) is 33.8 Å². The largest absolute Gasteiger partial charge is 0.367 e. The number of benzene rings is 2. The van der Waals surface area contributed by atoms with Crippen molar-refractivity contribution in [2.45, 2.75) is 77.3 Å². The van der Waals surface area contributed by atoms with Crippen LogP contribution < -0.4 is 14.9 Å². The molecule has 1 aliphatic carbocycles. The number of sulfonamides is 1. The van der Waals surface area contributed by atoms with Gasteiger partial charge in [-0.1, -0.05) is 69.4 Å². The first-order valence-electron chi connectivity index (χ1n) is 13.0. The van der Waals surface area contributed by atoms with Crippen LogP contribution in [0, 0.1) is 5.92 Å². The van der Waals surface area contributed by atoms with Crippen molar-refractivity contribution in [3.63, 3.8) is 0 Å². The van der Waals surface area contributed by atoms with Gasteiger partial charge in [0.2, 0.25) is 10.0 Å². The quantitative estimate of drug-likeness (QED) is 0.335. The molecule has 2 aromatic carbocycles. The Bertz CT molecular complexity index is 926. The lowest BCUT2D eigenvalue weighted by Gasteiger charge is -2.27. The van der Waals surface area contributed by atoms with E-state index in [1.54, 1.807) is 0 Å². The predicted octanol–water partition coefficient (Wildman–Crippen LogP) is 6.18. The second-order valence-corrected chi connectivity index (χ2v) is 11.6. The van der Waals surface area contributed by atoms with E-state index in [2.05, 4.69) is 46.1 Å². The van der Waals surface area contributed by atoms with Gasteiger partial charge in [0, 0.05) is 30.5 Å². The number of nitrogens with zero attached hydrogens (tertiary/aromatic N) is 1. The maximum atomic E-state index is 11.5. The Labute approximate surface area is 207 Å². The molecule has 0 heterocycles. The number of nitrogens with one attached hydrogen (secondary N) is 2. The molecule has 188 valence electrons. The minimum absolute atomic E-state index is 0.573. The highest BCUT2D eigenvalue weighted by Crippen LogP contribution is 2.26. The molecule has 0 spiro atoms.